The number of halogens is 2. The van der Waals surface area contributed by atoms with Crippen LogP contribution in [0.15, 0.2) is 0 Å². The van der Waals surface area contributed by atoms with E-state index in [4.69, 9.17) is 27.9 Å². The largest absolute Gasteiger partial charge is 0.373 e. The van der Waals surface area contributed by atoms with Crippen molar-refractivity contribution in [3.8, 4) is 0 Å². The number of epoxide rings is 1. The third kappa shape index (κ3) is 3.29. The molecule has 0 aromatic carbocycles. The van der Waals surface area contributed by atoms with E-state index in [0.29, 0.717) is 12.0 Å². The van der Waals surface area contributed by atoms with Crippen LogP contribution in [-0.2, 0) is 4.74 Å². The molecule has 0 amide bonds. The molecular formula is C6H10Cl2O. The summed E-state index contributed by atoms with van der Waals surface area (Å²) in [5.74, 6) is 0.550. The molecule has 0 unspecified atom stereocenters. The molecule has 0 radical (unpaired) electrons. The van der Waals surface area contributed by atoms with Crippen LogP contribution in [0.5, 0.6) is 0 Å². The maximum absolute atomic E-state index is 5.75. The molecule has 0 aromatic rings. The molecule has 1 aliphatic heterocycles. The summed E-state index contributed by atoms with van der Waals surface area (Å²) >= 11 is 11.2. The molecule has 1 nitrogen and oxygen atoms in total. The van der Waals surface area contributed by atoms with Gasteiger partial charge >= 0.3 is 0 Å². The molecule has 3 heteroatoms. The first-order chi connectivity index (χ1) is 4.33. The van der Waals surface area contributed by atoms with Crippen molar-refractivity contribution in [1.82, 2.24) is 0 Å². The molecule has 9 heavy (non-hydrogen) atoms. The van der Waals surface area contributed by atoms with Crippen LogP contribution in [0.25, 0.3) is 0 Å². The normalized spacial score (nSPS) is 28.0. The van der Waals surface area contributed by atoms with Crippen molar-refractivity contribution in [3.05, 3.63) is 0 Å². The van der Waals surface area contributed by atoms with Crippen molar-refractivity contribution >= 4 is 23.2 Å². The molecular weight excluding hydrogens is 159 g/mol. The average molecular weight is 169 g/mol. The van der Waals surface area contributed by atoms with Crippen LogP contribution in [0, 0.1) is 0 Å². The van der Waals surface area contributed by atoms with Gasteiger partial charge in [-0.2, -0.15) is 0 Å². The Morgan fingerprint density at radius 2 is 2.33 bits per heavy atom. The molecule has 1 fully saturated rings. The van der Waals surface area contributed by atoms with E-state index < -0.39 is 0 Å². The van der Waals surface area contributed by atoms with Crippen molar-refractivity contribution < 1.29 is 4.74 Å². The minimum Gasteiger partial charge on any atom is -0.373 e. The minimum absolute atomic E-state index is 0.135. The zero-order valence-electron chi connectivity index (χ0n) is 5.15. The minimum atomic E-state index is 0.135. The van der Waals surface area contributed by atoms with Gasteiger partial charge in [-0.25, -0.2) is 0 Å². The molecule has 1 saturated heterocycles. The third-order valence-electron chi connectivity index (χ3n) is 1.37. The van der Waals surface area contributed by atoms with Crippen molar-refractivity contribution in [1.29, 1.82) is 0 Å². The first-order valence-electron chi connectivity index (χ1n) is 3.14. The number of hydrogen-bond acceptors (Lipinski definition) is 1. The molecule has 0 spiro atoms. The summed E-state index contributed by atoms with van der Waals surface area (Å²) in [4.78, 5) is 0. The summed E-state index contributed by atoms with van der Waals surface area (Å²) in [5, 5.41) is 0.135. The molecule has 1 rings (SSSR count). The Morgan fingerprint density at radius 3 is 2.78 bits per heavy atom. The monoisotopic (exact) mass is 168 g/mol. The van der Waals surface area contributed by atoms with Gasteiger partial charge < -0.3 is 4.74 Å². The van der Waals surface area contributed by atoms with Gasteiger partial charge in [0.15, 0.2) is 0 Å². The number of rotatable bonds is 4. The Labute approximate surface area is 65.3 Å². The highest BCUT2D eigenvalue weighted by atomic mass is 35.5. The van der Waals surface area contributed by atoms with E-state index in [-0.39, 0.29) is 5.38 Å². The van der Waals surface area contributed by atoms with E-state index >= 15 is 0 Å². The Kier molecular flexibility index (Phi) is 3.10. The van der Waals surface area contributed by atoms with Gasteiger partial charge in [-0.3, -0.25) is 0 Å². The fraction of sp³-hybridized carbons (Fsp3) is 1.00. The summed E-state index contributed by atoms with van der Waals surface area (Å²) in [6.07, 6.45) is 2.55. The molecule has 0 saturated carbocycles. The van der Waals surface area contributed by atoms with Crippen LogP contribution in [0.1, 0.15) is 12.8 Å². The van der Waals surface area contributed by atoms with Crippen LogP contribution in [0.3, 0.4) is 0 Å². The smallest absolute Gasteiger partial charge is 0.0810 e. The zero-order valence-corrected chi connectivity index (χ0v) is 6.66. The van der Waals surface area contributed by atoms with Crippen molar-refractivity contribution in [2.24, 2.45) is 0 Å². The number of alkyl halides is 2. The summed E-state index contributed by atoms with van der Waals surface area (Å²) in [7, 11) is 0. The molecule has 1 heterocycles. The van der Waals surface area contributed by atoms with Crippen LogP contribution >= 0.6 is 23.2 Å². The van der Waals surface area contributed by atoms with Gasteiger partial charge in [-0.05, 0) is 12.8 Å². The highest BCUT2D eigenvalue weighted by Crippen LogP contribution is 2.18. The number of ether oxygens (including phenoxy) is 1. The van der Waals surface area contributed by atoms with E-state index in [1.165, 1.54) is 0 Å². The van der Waals surface area contributed by atoms with Crippen LogP contribution < -0.4 is 0 Å². The highest BCUT2D eigenvalue weighted by molar-refractivity contribution is 6.28. The zero-order chi connectivity index (χ0) is 6.69. The summed E-state index contributed by atoms with van der Waals surface area (Å²) in [6, 6.07) is 0. The first kappa shape index (κ1) is 7.64. The molecule has 2 atom stereocenters. The summed E-state index contributed by atoms with van der Waals surface area (Å²) < 4.78 is 5.00. The quantitative estimate of drug-likeness (QED) is 0.463. The molecule has 1 aliphatic rings. The van der Waals surface area contributed by atoms with Crippen LogP contribution in [0.2, 0.25) is 0 Å². The van der Waals surface area contributed by atoms with Crippen LogP contribution in [-0.4, -0.2) is 24.0 Å². The van der Waals surface area contributed by atoms with E-state index in [1.54, 1.807) is 0 Å². The lowest BCUT2D eigenvalue weighted by Gasteiger charge is -2.00. The van der Waals surface area contributed by atoms with Crippen molar-refractivity contribution in [2.75, 3.05) is 12.5 Å². The summed E-state index contributed by atoms with van der Waals surface area (Å²) in [5.41, 5.74) is 0. The molecule has 0 aromatic heterocycles. The first-order valence-corrected chi connectivity index (χ1v) is 4.11. The van der Waals surface area contributed by atoms with Crippen LogP contribution in [0.4, 0.5) is 0 Å². The van der Waals surface area contributed by atoms with Gasteiger partial charge in [0.25, 0.3) is 0 Å². The van der Waals surface area contributed by atoms with Gasteiger partial charge in [0, 0.05) is 11.3 Å². The number of hydrogen-bond donors (Lipinski definition) is 0. The average Bonchev–Trinajstić information content (AvgIpc) is 2.65. The lowest BCUT2D eigenvalue weighted by molar-refractivity contribution is 0.391. The van der Waals surface area contributed by atoms with E-state index in [0.717, 1.165) is 19.4 Å². The second-order valence-electron chi connectivity index (χ2n) is 2.28. The summed E-state index contributed by atoms with van der Waals surface area (Å²) in [6.45, 7) is 0.923. The Morgan fingerprint density at radius 1 is 1.67 bits per heavy atom. The predicted octanol–water partition coefficient (Wildman–Crippen LogP) is 2.01. The van der Waals surface area contributed by atoms with Crippen molar-refractivity contribution in [2.45, 2.75) is 24.3 Å². The maximum atomic E-state index is 5.75. The van der Waals surface area contributed by atoms with Gasteiger partial charge in [0.2, 0.25) is 0 Å². The van der Waals surface area contributed by atoms with E-state index in [2.05, 4.69) is 0 Å². The van der Waals surface area contributed by atoms with Gasteiger partial charge in [-0.15, -0.1) is 23.2 Å². The van der Waals surface area contributed by atoms with E-state index in [9.17, 15) is 0 Å². The molecule has 54 valence electrons. The molecule has 0 bridgehead atoms. The fourth-order valence-electron chi connectivity index (χ4n) is 0.679. The van der Waals surface area contributed by atoms with Crippen molar-refractivity contribution in [3.63, 3.8) is 0 Å². The Hall–Kier alpha value is 0.540. The van der Waals surface area contributed by atoms with E-state index in [1.807, 2.05) is 0 Å². The second-order valence-corrected chi connectivity index (χ2v) is 3.21. The lowest BCUT2D eigenvalue weighted by atomic mass is 10.2. The molecule has 0 aliphatic carbocycles. The standard InChI is InChI=1S/C6H10Cl2O/c7-3-5(8)1-2-6-4-9-6/h5-6H,1-4H2/t5-,6+/m0/s1. The van der Waals surface area contributed by atoms with Gasteiger partial charge in [0.05, 0.1) is 12.7 Å². The highest BCUT2D eigenvalue weighted by Gasteiger charge is 2.22. The third-order valence-corrected chi connectivity index (χ3v) is 2.27. The molecule has 0 N–H and O–H groups in total. The van der Waals surface area contributed by atoms with Gasteiger partial charge in [0.1, 0.15) is 0 Å². The predicted molar refractivity (Wildman–Crippen MR) is 39.3 cm³/mol. The Bertz CT molecular complexity index is 83.1. The maximum Gasteiger partial charge on any atom is 0.0810 e. The Balaban J connectivity index is 1.90. The van der Waals surface area contributed by atoms with Gasteiger partial charge in [-0.1, -0.05) is 0 Å². The fourth-order valence-corrected chi connectivity index (χ4v) is 0.959. The lowest BCUT2D eigenvalue weighted by Crippen LogP contribution is -2.01. The second kappa shape index (κ2) is 3.65. The SMILES string of the molecule is ClC[C@@H](Cl)CC[C@@H]1CO1. The topological polar surface area (TPSA) is 12.5 Å².